The van der Waals surface area contributed by atoms with E-state index in [4.69, 9.17) is 25.8 Å². The van der Waals surface area contributed by atoms with Crippen molar-refractivity contribution in [3.05, 3.63) is 52.0 Å². The largest absolute Gasteiger partial charge is 0.492 e. The van der Waals surface area contributed by atoms with Gasteiger partial charge in [-0.25, -0.2) is 10.1 Å². The number of nitrogens with one attached hydrogen (secondary N) is 1. The van der Waals surface area contributed by atoms with Crippen LogP contribution in [-0.4, -0.2) is 24.0 Å². The number of hydrogen-bond acceptors (Lipinski definition) is 5. The number of rotatable bonds is 4. The molecule has 0 aliphatic carbocycles. The maximum absolute atomic E-state index is 13.8. The smallest absolute Gasteiger partial charge is 0.424 e. The Hall–Kier alpha value is -2.94. The first-order valence-corrected chi connectivity index (χ1v) is 9.60. The average Bonchev–Trinajstić information content (AvgIpc) is 2.99. The molecular weight excluding hydrogens is 439 g/mol. The number of halogens is 4. The Kier molecular flexibility index (Phi) is 5.84. The lowest BCUT2D eigenvalue weighted by Gasteiger charge is -2.29. The molecule has 1 amide bonds. The van der Waals surface area contributed by atoms with E-state index < -0.39 is 18.2 Å². The highest BCUT2D eigenvalue weighted by Crippen LogP contribution is 2.46. The second-order valence-corrected chi connectivity index (χ2v) is 7.78. The number of ether oxygens (including phenoxy) is 3. The Balaban J connectivity index is 1.90. The van der Waals surface area contributed by atoms with Crippen molar-refractivity contribution in [1.29, 1.82) is 0 Å². The number of hydrogen-bond donors (Lipinski definition) is 1. The van der Waals surface area contributed by atoms with Gasteiger partial charge in [-0.2, -0.15) is 13.2 Å². The second-order valence-electron chi connectivity index (χ2n) is 7.34. The summed E-state index contributed by atoms with van der Waals surface area (Å²) < 4.78 is 56.4. The molecule has 0 saturated carbocycles. The zero-order valence-electron chi connectivity index (χ0n) is 17.0. The van der Waals surface area contributed by atoms with Crippen molar-refractivity contribution >= 4 is 23.5 Å². The van der Waals surface area contributed by atoms with E-state index in [0.717, 1.165) is 6.07 Å². The number of fused-ring (bicyclic) bond motifs is 1. The van der Waals surface area contributed by atoms with E-state index in [1.54, 1.807) is 32.2 Å². The predicted molar refractivity (Wildman–Crippen MR) is 106 cm³/mol. The summed E-state index contributed by atoms with van der Waals surface area (Å²) in [7, 11) is 0. The lowest BCUT2D eigenvalue weighted by molar-refractivity contribution is -0.318. The van der Waals surface area contributed by atoms with E-state index in [0.29, 0.717) is 16.7 Å². The molecule has 0 fully saturated rings. The van der Waals surface area contributed by atoms with Crippen molar-refractivity contribution in [2.75, 3.05) is 0 Å². The minimum atomic E-state index is -5.15. The number of ketones is 1. The van der Waals surface area contributed by atoms with Crippen LogP contribution in [0.4, 0.5) is 18.0 Å². The third-order valence-electron chi connectivity index (χ3n) is 4.61. The fraction of sp³-hybridized carbons (Fsp3) is 0.333. The fourth-order valence-corrected chi connectivity index (χ4v) is 3.25. The summed E-state index contributed by atoms with van der Waals surface area (Å²) in [6.07, 6.45) is -6.60. The Morgan fingerprint density at radius 2 is 1.77 bits per heavy atom. The molecule has 1 aliphatic heterocycles. The molecular formula is C21H19ClF3NO5. The van der Waals surface area contributed by atoms with Crippen molar-refractivity contribution in [1.82, 2.24) is 5.32 Å². The van der Waals surface area contributed by atoms with Crippen LogP contribution in [0.25, 0.3) is 0 Å². The number of Topliss-reactive ketones (excluding diaryl/α,β-unsaturated/α-hetero) is 1. The van der Waals surface area contributed by atoms with Gasteiger partial charge in [-0.05, 0) is 55.2 Å². The van der Waals surface area contributed by atoms with Crippen LogP contribution in [0, 0.1) is 6.92 Å². The van der Waals surface area contributed by atoms with Gasteiger partial charge in [-0.1, -0.05) is 25.4 Å². The molecule has 0 unspecified atom stereocenters. The first-order chi connectivity index (χ1) is 14.3. The van der Waals surface area contributed by atoms with E-state index in [1.807, 2.05) is 0 Å². The zero-order valence-corrected chi connectivity index (χ0v) is 17.8. The normalized spacial score (nSPS) is 17.6. The van der Waals surface area contributed by atoms with Gasteiger partial charge in [0.05, 0.1) is 0 Å². The maximum Gasteiger partial charge on any atom is 0.492 e. The van der Waals surface area contributed by atoms with Crippen molar-refractivity contribution in [2.24, 2.45) is 0 Å². The molecule has 166 valence electrons. The number of carbonyl (C=O) groups is 2. The van der Waals surface area contributed by atoms with Crippen LogP contribution in [0.3, 0.4) is 0 Å². The van der Waals surface area contributed by atoms with Gasteiger partial charge in [0.25, 0.3) is 0 Å². The quantitative estimate of drug-likeness (QED) is 0.592. The molecule has 31 heavy (non-hydrogen) atoms. The molecule has 0 saturated heterocycles. The summed E-state index contributed by atoms with van der Waals surface area (Å²) in [5.41, 5.74) is 1.42. The van der Waals surface area contributed by atoms with Gasteiger partial charge in [-0.3, -0.25) is 4.79 Å². The maximum atomic E-state index is 13.8. The first-order valence-electron chi connectivity index (χ1n) is 9.23. The summed E-state index contributed by atoms with van der Waals surface area (Å²) in [6.45, 7) is 6.61. The van der Waals surface area contributed by atoms with E-state index in [1.165, 1.54) is 25.1 Å². The SMILES string of the molecule is CC(=O)c1cc(C(C)C)c(OC(=O)N[C@]2(C(F)(F)F)Oc3ccc(Cl)cc3O2)cc1C. The molecule has 6 nitrogen and oxygen atoms in total. The Morgan fingerprint density at radius 3 is 2.35 bits per heavy atom. The van der Waals surface area contributed by atoms with Gasteiger partial charge in [0.15, 0.2) is 17.3 Å². The highest BCUT2D eigenvalue weighted by molar-refractivity contribution is 6.30. The van der Waals surface area contributed by atoms with Gasteiger partial charge in [0.2, 0.25) is 0 Å². The lowest BCUT2D eigenvalue weighted by atomic mass is 9.95. The van der Waals surface area contributed by atoms with Crippen LogP contribution in [0.2, 0.25) is 5.02 Å². The monoisotopic (exact) mass is 457 g/mol. The van der Waals surface area contributed by atoms with Gasteiger partial charge in [-0.15, -0.1) is 0 Å². The summed E-state index contributed by atoms with van der Waals surface area (Å²) in [4.78, 5) is 24.3. The van der Waals surface area contributed by atoms with Crippen LogP contribution in [-0.2, 0) is 0 Å². The minimum Gasteiger partial charge on any atom is -0.424 e. The van der Waals surface area contributed by atoms with E-state index in [-0.39, 0.29) is 34.0 Å². The molecule has 1 heterocycles. The molecule has 0 bridgehead atoms. The van der Waals surface area contributed by atoms with Gasteiger partial charge in [0, 0.05) is 16.7 Å². The molecule has 3 rings (SSSR count). The molecule has 1 aliphatic rings. The van der Waals surface area contributed by atoms with Crippen LogP contribution >= 0.6 is 11.6 Å². The lowest BCUT2D eigenvalue weighted by Crippen LogP contribution is -2.65. The second kappa shape index (κ2) is 7.96. The third-order valence-corrected chi connectivity index (χ3v) is 4.85. The molecule has 0 radical (unpaired) electrons. The van der Waals surface area contributed by atoms with Gasteiger partial charge in [0.1, 0.15) is 5.75 Å². The summed E-state index contributed by atoms with van der Waals surface area (Å²) >= 11 is 5.79. The Bertz CT molecular complexity index is 1050. The van der Waals surface area contributed by atoms with Crippen LogP contribution in [0.1, 0.15) is 48.2 Å². The molecule has 1 N–H and O–H groups in total. The molecule has 1 atom stereocenters. The average molecular weight is 458 g/mol. The molecule has 2 aromatic carbocycles. The van der Waals surface area contributed by atoms with Crippen molar-refractivity contribution < 1.29 is 37.0 Å². The number of aryl methyl sites for hydroxylation is 1. The van der Waals surface area contributed by atoms with Gasteiger partial charge >= 0.3 is 18.2 Å². The van der Waals surface area contributed by atoms with E-state index in [9.17, 15) is 22.8 Å². The number of carbonyl (C=O) groups excluding carboxylic acids is 2. The highest BCUT2D eigenvalue weighted by atomic mass is 35.5. The number of amides is 1. The zero-order chi connectivity index (χ0) is 23.1. The van der Waals surface area contributed by atoms with Crippen LogP contribution < -0.4 is 19.5 Å². The first kappa shape index (κ1) is 22.7. The van der Waals surface area contributed by atoms with Gasteiger partial charge < -0.3 is 14.2 Å². The molecule has 10 heteroatoms. The number of benzene rings is 2. The van der Waals surface area contributed by atoms with E-state index in [2.05, 4.69) is 0 Å². The third kappa shape index (κ3) is 4.41. The topological polar surface area (TPSA) is 73.9 Å². The van der Waals surface area contributed by atoms with E-state index >= 15 is 0 Å². The molecule has 2 aromatic rings. The summed E-state index contributed by atoms with van der Waals surface area (Å²) in [5, 5.41) is 1.76. The standard InChI is InChI=1S/C21H19ClF3NO5/c1-10(2)14-9-15(12(4)27)11(3)7-17(14)29-19(28)26-21(20(23,24)25)30-16-6-5-13(22)8-18(16)31-21/h5-10H,1-4H3,(H,26,28)/t21-/m1/s1. The van der Waals surface area contributed by atoms with Crippen molar-refractivity contribution in [3.8, 4) is 17.2 Å². The Morgan fingerprint density at radius 1 is 1.13 bits per heavy atom. The Labute approximate surface area is 181 Å². The summed E-state index contributed by atoms with van der Waals surface area (Å²) in [6, 6.07) is 6.64. The molecule has 0 aromatic heterocycles. The summed E-state index contributed by atoms with van der Waals surface area (Å²) in [5.74, 6) is -4.35. The fourth-order valence-electron chi connectivity index (χ4n) is 3.09. The minimum absolute atomic E-state index is 0.0193. The number of alkyl halides is 3. The van der Waals surface area contributed by atoms with Crippen molar-refractivity contribution in [3.63, 3.8) is 0 Å². The predicted octanol–water partition coefficient (Wildman–Crippen LogP) is 5.75. The van der Waals surface area contributed by atoms with Crippen LogP contribution in [0.5, 0.6) is 17.2 Å². The van der Waals surface area contributed by atoms with Crippen molar-refractivity contribution in [2.45, 2.75) is 45.7 Å². The molecule has 0 spiro atoms. The highest BCUT2D eigenvalue weighted by Gasteiger charge is 2.66. The van der Waals surface area contributed by atoms with Crippen LogP contribution in [0.15, 0.2) is 30.3 Å².